The Morgan fingerprint density at radius 1 is 1.24 bits per heavy atom. The van der Waals surface area contributed by atoms with Gasteiger partial charge >= 0.3 is 5.97 Å². The maximum atomic E-state index is 11.9. The summed E-state index contributed by atoms with van der Waals surface area (Å²) in [6.07, 6.45) is 0. The van der Waals surface area contributed by atoms with Crippen molar-refractivity contribution in [1.29, 1.82) is 0 Å². The maximum Gasteiger partial charge on any atom is 0.337 e. The van der Waals surface area contributed by atoms with E-state index in [2.05, 4.69) is 10.6 Å². The lowest BCUT2D eigenvalue weighted by molar-refractivity contribution is -0.121. The quantitative estimate of drug-likeness (QED) is 0.460. The van der Waals surface area contributed by atoms with Crippen LogP contribution in [0.4, 0.5) is 5.69 Å². The van der Waals surface area contributed by atoms with Crippen LogP contribution in [0, 0.1) is 10.5 Å². The van der Waals surface area contributed by atoms with Crippen molar-refractivity contribution >= 4 is 57.5 Å². The van der Waals surface area contributed by atoms with Gasteiger partial charge < -0.3 is 15.2 Å². The molecular weight excluding hydrogens is 455 g/mol. The van der Waals surface area contributed by atoms with Crippen LogP contribution in [0.2, 0.25) is 0 Å². The smallest absolute Gasteiger partial charge is 0.337 e. The van der Waals surface area contributed by atoms with Gasteiger partial charge in [-0.25, -0.2) is 4.79 Å². The maximum absolute atomic E-state index is 11.9. The number of nitrogens with one attached hydrogen (secondary N) is 2. The fraction of sp³-hybridized carbons (Fsp3) is 0.118. The van der Waals surface area contributed by atoms with Crippen LogP contribution in [0.15, 0.2) is 42.5 Å². The second-order valence-corrected chi connectivity index (χ2v) is 6.71. The van der Waals surface area contributed by atoms with E-state index in [4.69, 9.17) is 17.0 Å². The Bertz CT molecular complexity index is 826. The Balaban J connectivity index is 1.93. The van der Waals surface area contributed by atoms with Gasteiger partial charge in [0.1, 0.15) is 5.75 Å². The number of carboxylic acid groups (broad SMARTS) is 1. The number of carbonyl (C=O) groups excluding carboxylic acids is 1. The highest BCUT2D eigenvalue weighted by atomic mass is 127. The molecule has 2 aromatic carbocycles. The van der Waals surface area contributed by atoms with Crippen LogP contribution in [0.5, 0.6) is 5.75 Å². The van der Waals surface area contributed by atoms with Crippen LogP contribution >= 0.6 is 34.8 Å². The molecule has 2 aromatic rings. The third kappa shape index (κ3) is 5.68. The number of benzene rings is 2. The van der Waals surface area contributed by atoms with Crippen molar-refractivity contribution in [3.05, 3.63) is 57.2 Å². The lowest BCUT2D eigenvalue weighted by Gasteiger charge is -2.13. The summed E-state index contributed by atoms with van der Waals surface area (Å²) >= 11 is 7.07. The summed E-state index contributed by atoms with van der Waals surface area (Å²) in [6, 6.07) is 12.2. The molecule has 0 aromatic heterocycles. The molecule has 0 aliphatic heterocycles. The molecule has 0 radical (unpaired) electrons. The molecule has 0 atom stereocenters. The largest absolute Gasteiger partial charge is 0.483 e. The number of para-hydroxylation sites is 1. The molecule has 0 aliphatic rings. The first-order valence-corrected chi connectivity index (χ1v) is 8.67. The number of hydrogen-bond donors (Lipinski definition) is 3. The predicted octanol–water partition coefficient (Wildman–Crippen LogP) is 3.19. The fourth-order valence-corrected chi connectivity index (χ4v) is 2.70. The van der Waals surface area contributed by atoms with E-state index in [1.807, 2.05) is 47.7 Å². The lowest BCUT2D eigenvalue weighted by atomic mass is 10.2. The molecule has 0 bridgehead atoms. The first kappa shape index (κ1) is 19.1. The minimum absolute atomic E-state index is 0.00194. The molecular formula is C17H15IN2O4S. The van der Waals surface area contributed by atoms with E-state index in [-0.39, 0.29) is 17.3 Å². The summed E-state index contributed by atoms with van der Waals surface area (Å²) in [7, 11) is 0. The van der Waals surface area contributed by atoms with Crippen molar-refractivity contribution in [2.24, 2.45) is 0 Å². The molecule has 0 heterocycles. The molecule has 1 amide bonds. The van der Waals surface area contributed by atoms with Crippen LogP contribution in [-0.2, 0) is 4.79 Å². The van der Waals surface area contributed by atoms with E-state index in [1.54, 1.807) is 18.2 Å². The van der Waals surface area contributed by atoms with Gasteiger partial charge in [0.2, 0.25) is 0 Å². The number of thiocarbonyl (C=S) groups is 1. The molecule has 0 aliphatic carbocycles. The highest BCUT2D eigenvalue weighted by Gasteiger charge is 2.13. The molecule has 8 heteroatoms. The monoisotopic (exact) mass is 470 g/mol. The van der Waals surface area contributed by atoms with Crippen molar-refractivity contribution in [1.82, 2.24) is 5.32 Å². The Morgan fingerprint density at radius 2 is 1.96 bits per heavy atom. The molecule has 0 saturated heterocycles. The SMILES string of the molecule is Cc1ccccc1OCC(=O)NC(=S)Nc1ccc(I)cc1C(=O)O. The van der Waals surface area contributed by atoms with Crippen molar-refractivity contribution in [2.75, 3.05) is 11.9 Å². The minimum atomic E-state index is -1.09. The van der Waals surface area contributed by atoms with Crippen molar-refractivity contribution in [3.8, 4) is 5.75 Å². The second-order valence-electron chi connectivity index (χ2n) is 5.05. The normalized spacial score (nSPS) is 10.0. The highest BCUT2D eigenvalue weighted by Crippen LogP contribution is 2.19. The molecule has 0 fully saturated rings. The van der Waals surface area contributed by atoms with Gasteiger partial charge in [-0.15, -0.1) is 0 Å². The molecule has 6 nitrogen and oxygen atoms in total. The number of amides is 1. The number of aryl methyl sites for hydroxylation is 1. The number of hydrogen-bond acceptors (Lipinski definition) is 4. The third-order valence-corrected chi connectivity index (χ3v) is 4.04. The average Bonchev–Trinajstić information content (AvgIpc) is 2.55. The van der Waals surface area contributed by atoms with E-state index in [9.17, 15) is 14.7 Å². The Kier molecular flexibility index (Phi) is 6.71. The van der Waals surface area contributed by atoms with Gasteiger partial charge in [-0.05, 0) is 71.6 Å². The van der Waals surface area contributed by atoms with Gasteiger partial charge in [0.15, 0.2) is 11.7 Å². The molecule has 0 saturated carbocycles. The summed E-state index contributed by atoms with van der Waals surface area (Å²) in [6.45, 7) is 1.68. The summed E-state index contributed by atoms with van der Waals surface area (Å²) in [5, 5.41) is 14.4. The number of carbonyl (C=O) groups is 2. The summed E-state index contributed by atoms with van der Waals surface area (Å²) in [4.78, 5) is 23.2. The van der Waals surface area contributed by atoms with E-state index >= 15 is 0 Å². The van der Waals surface area contributed by atoms with E-state index < -0.39 is 11.9 Å². The molecule has 2 rings (SSSR count). The van der Waals surface area contributed by atoms with Gasteiger partial charge in [0.05, 0.1) is 11.3 Å². The van der Waals surface area contributed by atoms with Gasteiger partial charge in [0, 0.05) is 3.57 Å². The average molecular weight is 470 g/mol. The van der Waals surface area contributed by atoms with Crippen molar-refractivity contribution < 1.29 is 19.4 Å². The van der Waals surface area contributed by atoms with Crippen molar-refractivity contribution in [2.45, 2.75) is 6.92 Å². The molecule has 3 N–H and O–H groups in total. The lowest BCUT2D eigenvalue weighted by Crippen LogP contribution is -2.37. The summed E-state index contributed by atoms with van der Waals surface area (Å²) < 4.78 is 6.21. The van der Waals surface area contributed by atoms with Crippen LogP contribution in [0.25, 0.3) is 0 Å². The Hall–Kier alpha value is -2.20. The summed E-state index contributed by atoms with van der Waals surface area (Å²) in [5.74, 6) is -0.913. The van der Waals surface area contributed by atoms with Gasteiger partial charge in [-0.3, -0.25) is 10.1 Å². The topological polar surface area (TPSA) is 87.7 Å². The number of ether oxygens (including phenoxy) is 1. The van der Waals surface area contributed by atoms with E-state index in [1.165, 1.54) is 6.07 Å². The van der Waals surface area contributed by atoms with Gasteiger partial charge in [0.25, 0.3) is 5.91 Å². The highest BCUT2D eigenvalue weighted by molar-refractivity contribution is 14.1. The number of anilines is 1. The fourth-order valence-electron chi connectivity index (χ4n) is 1.98. The second kappa shape index (κ2) is 8.77. The standard InChI is InChI=1S/C17H15IN2O4S/c1-10-4-2-3-5-14(10)24-9-15(21)20-17(25)19-13-7-6-11(18)8-12(13)16(22)23/h2-8H,9H2,1H3,(H,22,23)(H2,19,20,21,25). The Morgan fingerprint density at radius 3 is 2.64 bits per heavy atom. The molecule has 0 unspecified atom stereocenters. The predicted molar refractivity (Wildman–Crippen MR) is 107 cm³/mol. The number of carboxylic acids is 1. The zero-order valence-corrected chi connectivity index (χ0v) is 16.2. The van der Waals surface area contributed by atoms with Crippen LogP contribution in [-0.4, -0.2) is 28.7 Å². The first-order valence-electron chi connectivity index (χ1n) is 7.19. The van der Waals surface area contributed by atoms with Gasteiger partial charge in [-0.2, -0.15) is 0 Å². The molecule has 130 valence electrons. The van der Waals surface area contributed by atoms with Crippen molar-refractivity contribution in [3.63, 3.8) is 0 Å². The van der Waals surface area contributed by atoms with Crippen LogP contribution in [0.1, 0.15) is 15.9 Å². The van der Waals surface area contributed by atoms with Crippen LogP contribution < -0.4 is 15.4 Å². The third-order valence-electron chi connectivity index (χ3n) is 3.17. The zero-order valence-electron chi connectivity index (χ0n) is 13.2. The van der Waals surface area contributed by atoms with Gasteiger partial charge in [-0.1, -0.05) is 18.2 Å². The van der Waals surface area contributed by atoms with E-state index in [0.29, 0.717) is 11.4 Å². The number of aromatic carboxylic acids is 1. The summed E-state index contributed by atoms with van der Waals surface area (Å²) in [5.41, 5.74) is 1.29. The number of rotatable bonds is 5. The molecule has 25 heavy (non-hydrogen) atoms. The number of halogens is 1. The Labute approximate surface area is 163 Å². The zero-order chi connectivity index (χ0) is 18.4. The minimum Gasteiger partial charge on any atom is -0.483 e. The van der Waals surface area contributed by atoms with E-state index in [0.717, 1.165) is 9.13 Å². The first-order chi connectivity index (χ1) is 11.9. The van der Waals surface area contributed by atoms with Crippen LogP contribution in [0.3, 0.4) is 0 Å². The molecule has 0 spiro atoms.